The third-order valence-electron chi connectivity index (χ3n) is 4.02. The van der Waals surface area contributed by atoms with Gasteiger partial charge in [-0.25, -0.2) is 0 Å². The van der Waals surface area contributed by atoms with Gasteiger partial charge in [0.15, 0.2) is 5.79 Å². The van der Waals surface area contributed by atoms with E-state index >= 15 is 0 Å². The van der Waals surface area contributed by atoms with Crippen molar-refractivity contribution in [2.45, 2.75) is 24.7 Å². The van der Waals surface area contributed by atoms with Crippen molar-refractivity contribution in [3.63, 3.8) is 0 Å². The lowest BCUT2D eigenvalue weighted by atomic mass is 9.87. The first-order valence-corrected chi connectivity index (χ1v) is 7.50. The van der Waals surface area contributed by atoms with Gasteiger partial charge in [0.25, 0.3) is 0 Å². The van der Waals surface area contributed by atoms with Gasteiger partial charge in [0.2, 0.25) is 0 Å². The van der Waals surface area contributed by atoms with Crippen LogP contribution in [-0.4, -0.2) is 31.8 Å². The highest BCUT2D eigenvalue weighted by Gasteiger charge is 2.41. The molecule has 2 aromatic rings. The van der Waals surface area contributed by atoms with Gasteiger partial charge in [-0.1, -0.05) is 60.7 Å². The Kier molecular flexibility index (Phi) is 4.36. The lowest BCUT2D eigenvalue weighted by molar-refractivity contribution is -0.146. The molecule has 0 bridgehead atoms. The first kappa shape index (κ1) is 14.9. The van der Waals surface area contributed by atoms with Crippen LogP contribution in [0.5, 0.6) is 0 Å². The molecule has 0 saturated carbocycles. The van der Waals surface area contributed by atoms with Crippen molar-refractivity contribution in [3.8, 4) is 0 Å². The van der Waals surface area contributed by atoms with Crippen LogP contribution < -0.4 is 0 Å². The summed E-state index contributed by atoms with van der Waals surface area (Å²) >= 11 is 0. The van der Waals surface area contributed by atoms with Crippen LogP contribution in [0.25, 0.3) is 0 Å². The minimum absolute atomic E-state index is 0.0587. The first-order chi connectivity index (χ1) is 10.7. The van der Waals surface area contributed by atoms with Gasteiger partial charge >= 0.3 is 0 Å². The van der Waals surface area contributed by atoms with Crippen molar-refractivity contribution >= 4 is 6.72 Å². The summed E-state index contributed by atoms with van der Waals surface area (Å²) in [7, 11) is 0. The molecule has 0 aromatic heterocycles. The Labute approximate surface area is 131 Å². The van der Waals surface area contributed by atoms with Crippen molar-refractivity contribution < 1.29 is 9.47 Å². The van der Waals surface area contributed by atoms with Crippen LogP contribution >= 0.6 is 0 Å². The van der Waals surface area contributed by atoms with E-state index in [0.717, 1.165) is 0 Å². The molecule has 1 heterocycles. The number of nitrogens with zero attached hydrogens (tertiary/aromatic N) is 1. The molecule has 3 heteroatoms. The first-order valence-electron chi connectivity index (χ1n) is 7.50. The zero-order valence-electron chi connectivity index (χ0n) is 12.7. The molecule has 1 radical (unpaired) electrons. The molecule has 2 unspecified atom stereocenters. The minimum atomic E-state index is -0.735. The summed E-state index contributed by atoms with van der Waals surface area (Å²) in [5.41, 5.74) is 2.44. The predicted molar refractivity (Wildman–Crippen MR) is 87.3 cm³/mol. The molecule has 1 fully saturated rings. The molecule has 2 aromatic carbocycles. The lowest BCUT2D eigenvalue weighted by Crippen LogP contribution is -2.32. The number of aliphatic imine (C=N–C) groups is 1. The second-order valence-electron chi connectivity index (χ2n) is 5.74. The van der Waals surface area contributed by atoms with Crippen LogP contribution in [0.4, 0.5) is 0 Å². The van der Waals surface area contributed by atoms with Gasteiger partial charge in [-0.3, -0.25) is 4.99 Å². The Morgan fingerprint density at radius 2 is 1.64 bits per heavy atom. The van der Waals surface area contributed by atoms with Gasteiger partial charge in [-0.05, 0) is 18.1 Å². The van der Waals surface area contributed by atoms with E-state index in [1.54, 1.807) is 0 Å². The molecular formula is C19H20NO2. The van der Waals surface area contributed by atoms with E-state index < -0.39 is 5.79 Å². The number of ether oxygens (including phenoxy) is 2. The summed E-state index contributed by atoms with van der Waals surface area (Å²) in [5.74, 6) is -0.608. The van der Waals surface area contributed by atoms with Crippen LogP contribution in [0.3, 0.4) is 0 Å². The second kappa shape index (κ2) is 6.42. The van der Waals surface area contributed by atoms with Crippen molar-refractivity contribution in [1.29, 1.82) is 0 Å². The van der Waals surface area contributed by atoms with E-state index in [9.17, 15) is 0 Å². The monoisotopic (exact) mass is 294 g/mol. The van der Waals surface area contributed by atoms with Gasteiger partial charge in [0.05, 0.1) is 19.3 Å². The topological polar surface area (TPSA) is 30.8 Å². The number of hydrogen-bond acceptors (Lipinski definition) is 3. The molecular weight excluding hydrogens is 274 g/mol. The Bertz CT molecular complexity index is 574. The largest absolute Gasteiger partial charge is 0.346 e. The molecule has 3 nitrogen and oxygen atoms in total. The third-order valence-corrected chi connectivity index (χ3v) is 4.02. The highest BCUT2D eigenvalue weighted by atomic mass is 16.7. The van der Waals surface area contributed by atoms with E-state index in [1.165, 1.54) is 11.1 Å². The summed E-state index contributed by atoms with van der Waals surface area (Å²) in [6.07, 6.45) is -0.0587. The standard InChI is InChI=1S/C19H20NO2/c1-19(14-20-2)21-13-17(22-19)18(15-9-5-3-6-10-15)16-11-7-4-8-12-16/h2-12,17-18H,13-14H2,1H3. The molecule has 0 N–H and O–H groups in total. The van der Waals surface area contributed by atoms with Crippen LogP contribution in [0.2, 0.25) is 0 Å². The smallest absolute Gasteiger partial charge is 0.185 e. The van der Waals surface area contributed by atoms with Crippen LogP contribution in [0.15, 0.2) is 65.7 Å². The summed E-state index contributed by atoms with van der Waals surface area (Å²) < 4.78 is 12.0. The van der Waals surface area contributed by atoms with Gasteiger partial charge in [-0.2, -0.15) is 0 Å². The Morgan fingerprint density at radius 3 is 2.14 bits per heavy atom. The fourth-order valence-corrected chi connectivity index (χ4v) is 3.00. The van der Waals surface area contributed by atoms with E-state index in [1.807, 2.05) is 19.1 Å². The van der Waals surface area contributed by atoms with E-state index in [0.29, 0.717) is 13.2 Å². The highest BCUT2D eigenvalue weighted by molar-refractivity contribution is 5.34. The summed E-state index contributed by atoms with van der Waals surface area (Å²) in [5, 5.41) is 0. The maximum atomic E-state index is 6.16. The second-order valence-corrected chi connectivity index (χ2v) is 5.74. The van der Waals surface area contributed by atoms with Gasteiger partial charge < -0.3 is 9.47 Å². The summed E-state index contributed by atoms with van der Waals surface area (Å²) in [4.78, 5) is 3.68. The van der Waals surface area contributed by atoms with Gasteiger partial charge in [0, 0.05) is 12.6 Å². The van der Waals surface area contributed by atoms with Crippen LogP contribution in [-0.2, 0) is 9.47 Å². The van der Waals surface area contributed by atoms with Crippen LogP contribution in [0, 0.1) is 0 Å². The highest BCUT2D eigenvalue weighted by Crippen LogP contribution is 2.36. The minimum Gasteiger partial charge on any atom is -0.346 e. The van der Waals surface area contributed by atoms with Crippen LogP contribution in [0.1, 0.15) is 24.0 Å². The SMILES string of the molecule is [CH]=NCC1(C)OCC(C(c2ccccc2)c2ccccc2)O1. The number of benzene rings is 2. The molecule has 113 valence electrons. The zero-order valence-corrected chi connectivity index (χ0v) is 12.7. The number of rotatable bonds is 5. The normalized spacial score (nSPS) is 24.5. The van der Waals surface area contributed by atoms with Gasteiger partial charge in [-0.15, -0.1) is 0 Å². The quantitative estimate of drug-likeness (QED) is 0.790. The Hall–Kier alpha value is -1.97. The fourth-order valence-electron chi connectivity index (χ4n) is 3.00. The summed E-state index contributed by atoms with van der Waals surface area (Å²) in [6.45, 7) is 8.05. The predicted octanol–water partition coefficient (Wildman–Crippen LogP) is 3.53. The molecule has 2 atom stereocenters. The molecule has 1 aliphatic heterocycles. The molecule has 1 aliphatic rings. The lowest BCUT2D eigenvalue weighted by Gasteiger charge is -2.26. The molecule has 1 saturated heterocycles. The average molecular weight is 294 g/mol. The maximum Gasteiger partial charge on any atom is 0.185 e. The molecule has 0 amide bonds. The van der Waals surface area contributed by atoms with Crippen molar-refractivity contribution in [2.24, 2.45) is 4.99 Å². The van der Waals surface area contributed by atoms with Crippen molar-refractivity contribution in [1.82, 2.24) is 0 Å². The molecule has 0 aliphatic carbocycles. The fraction of sp³-hybridized carbons (Fsp3) is 0.316. The van der Waals surface area contributed by atoms with E-state index in [4.69, 9.17) is 16.2 Å². The number of hydrogen-bond donors (Lipinski definition) is 0. The molecule has 3 rings (SSSR count). The van der Waals surface area contributed by atoms with Crippen molar-refractivity contribution in [3.05, 3.63) is 71.8 Å². The van der Waals surface area contributed by atoms with Crippen molar-refractivity contribution in [2.75, 3.05) is 13.2 Å². The average Bonchev–Trinajstić information content (AvgIpc) is 2.92. The third kappa shape index (κ3) is 3.11. The van der Waals surface area contributed by atoms with E-state index in [2.05, 4.69) is 53.5 Å². The summed E-state index contributed by atoms with van der Waals surface area (Å²) in [6, 6.07) is 20.8. The molecule has 0 spiro atoms. The Morgan fingerprint density at radius 1 is 1.09 bits per heavy atom. The molecule has 22 heavy (non-hydrogen) atoms. The maximum absolute atomic E-state index is 6.16. The zero-order chi connectivity index (χ0) is 15.4. The Balaban J connectivity index is 1.92. The van der Waals surface area contributed by atoms with Gasteiger partial charge in [0.1, 0.15) is 0 Å². The van der Waals surface area contributed by atoms with E-state index in [-0.39, 0.29) is 12.0 Å².